The summed E-state index contributed by atoms with van der Waals surface area (Å²) in [7, 11) is 0. The van der Waals surface area contributed by atoms with E-state index in [2.05, 4.69) is 14.8 Å². The lowest BCUT2D eigenvalue weighted by Crippen LogP contribution is -2.25. The molecule has 6 nitrogen and oxygen atoms in total. The smallest absolute Gasteiger partial charge is 0.452 e. The number of halogens is 2. The fraction of sp³-hybridized carbons (Fsp3) is 0.111. The number of hydrogen-bond acceptors (Lipinski definition) is 5. The van der Waals surface area contributed by atoms with Crippen molar-refractivity contribution >= 4 is 23.6 Å². The number of carbonyl (C=O) groups is 2. The predicted octanol–water partition coefficient (Wildman–Crippen LogP) is 3.20. The standard InChI is InChI=1S/C18H13F2NO5/c19-18(20)25-14-8-7-13(10-15(14)26-18)21-16(22)11-24-17(23)9-6-12-4-2-1-3-5-12/h1-10H,11H2,(H,21,22)/b9-6+. The number of esters is 1. The van der Waals surface area contributed by atoms with Crippen molar-refractivity contribution in [3.05, 3.63) is 60.2 Å². The van der Waals surface area contributed by atoms with Gasteiger partial charge in [-0.1, -0.05) is 30.3 Å². The van der Waals surface area contributed by atoms with Gasteiger partial charge < -0.3 is 19.5 Å². The van der Waals surface area contributed by atoms with Crippen LogP contribution in [-0.2, 0) is 14.3 Å². The van der Waals surface area contributed by atoms with E-state index in [1.165, 1.54) is 24.3 Å². The first-order valence-corrected chi connectivity index (χ1v) is 7.51. The second-order valence-electron chi connectivity index (χ2n) is 5.23. The summed E-state index contributed by atoms with van der Waals surface area (Å²) in [6.07, 6.45) is -0.977. The summed E-state index contributed by atoms with van der Waals surface area (Å²) in [6.45, 7) is -0.525. The highest BCUT2D eigenvalue weighted by Crippen LogP contribution is 2.42. The average Bonchev–Trinajstić information content (AvgIpc) is 2.92. The van der Waals surface area contributed by atoms with E-state index in [0.717, 1.165) is 5.56 Å². The molecule has 1 heterocycles. The Bertz CT molecular complexity index is 852. The Morgan fingerprint density at radius 2 is 1.81 bits per heavy atom. The molecule has 1 N–H and O–H groups in total. The molecule has 0 atom stereocenters. The number of benzene rings is 2. The van der Waals surface area contributed by atoms with Crippen LogP contribution in [-0.4, -0.2) is 24.8 Å². The van der Waals surface area contributed by atoms with Crippen molar-refractivity contribution in [3.63, 3.8) is 0 Å². The van der Waals surface area contributed by atoms with E-state index < -0.39 is 24.8 Å². The van der Waals surface area contributed by atoms with Crippen LogP contribution in [0.1, 0.15) is 5.56 Å². The second kappa shape index (κ2) is 7.22. The first-order valence-electron chi connectivity index (χ1n) is 7.51. The summed E-state index contributed by atoms with van der Waals surface area (Å²) in [5.41, 5.74) is 1.01. The number of hydrogen-bond donors (Lipinski definition) is 1. The first-order chi connectivity index (χ1) is 12.4. The van der Waals surface area contributed by atoms with Crippen LogP contribution in [0.4, 0.5) is 14.5 Å². The SMILES string of the molecule is O=C(COC(=O)/C=C/c1ccccc1)Nc1ccc2c(c1)OC(F)(F)O2. The fourth-order valence-electron chi connectivity index (χ4n) is 2.14. The van der Waals surface area contributed by atoms with E-state index >= 15 is 0 Å². The lowest BCUT2D eigenvalue weighted by Gasteiger charge is -2.06. The van der Waals surface area contributed by atoms with Crippen molar-refractivity contribution in [2.45, 2.75) is 6.29 Å². The van der Waals surface area contributed by atoms with Crippen LogP contribution in [0.15, 0.2) is 54.6 Å². The van der Waals surface area contributed by atoms with E-state index in [4.69, 9.17) is 4.74 Å². The summed E-state index contributed by atoms with van der Waals surface area (Å²) in [5, 5.41) is 2.41. The van der Waals surface area contributed by atoms with Gasteiger partial charge in [0.05, 0.1) is 0 Å². The van der Waals surface area contributed by atoms with Crippen molar-refractivity contribution in [1.82, 2.24) is 0 Å². The summed E-state index contributed by atoms with van der Waals surface area (Å²) >= 11 is 0. The summed E-state index contributed by atoms with van der Waals surface area (Å²) < 4.78 is 39.2. The van der Waals surface area contributed by atoms with E-state index in [-0.39, 0.29) is 17.2 Å². The van der Waals surface area contributed by atoms with Crippen molar-refractivity contribution in [2.24, 2.45) is 0 Å². The highest BCUT2D eigenvalue weighted by Gasteiger charge is 2.43. The van der Waals surface area contributed by atoms with Gasteiger partial charge in [0, 0.05) is 17.8 Å². The molecule has 1 aliphatic heterocycles. The molecule has 2 aromatic rings. The van der Waals surface area contributed by atoms with Gasteiger partial charge in [-0.2, -0.15) is 0 Å². The molecule has 0 aromatic heterocycles. The summed E-state index contributed by atoms with van der Waals surface area (Å²) in [4.78, 5) is 23.4. The Labute approximate surface area is 147 Å². The number of carbonyl (C=O) groups excluding carboxylic acids is 2. The quantitative estimate of drug-likeness (QED) is 0.654. The summed E-state index contributed by atoms with van der Waals surface area (Å²) in [6, 6.07) is 12.9. The minimum absolute atomic E-state index is 0.134. The maximum Gasteiger partial charge on any atom is 0.586 e. The van der Waals surface area contributed by atoms with Crippen LogP contribution < -0.4 is 14.8 Å². The molecular weight excluding hydrogens is 348 g/mol. The van der Waals surface area contributed by atoms with Crippen molar-refractivity contribution in [2.75, 3.05) is 11.9 Å². The Balaban J connectivity index is 1.49. The van der Waals surface area contributed by atoms with Crippen LogP contribution in [0.3, 0.4) is 0 Å². The van der Waals surface area contributed by atoms with Gasteiger partial charge in [0.15, 0.2) is 18.1 Å². The molecular formula is C18H13F2NO5. The third kappa shape index (κ3) is 4.56. The van der Waals surface area contributed by atoms with Crippen LogP contribution in [0.25, 0.3) is 6.08 Å². The Morgan fingerprint density at radius 1 is 1.08 bits per heavy atom. The molecule has 0 aliphatic carbocycles. The van der Waals surface area contributed by atoms with Gasteiger partial charge in [0.25, 0.3) is 5.91 Å². The van der Waals surface area contributed by atoms with Crippen LogP contribution in [0.5, 0.6) is 11.5 Å². The number of alkyl halides is 2. The van der Waals surface area contributed by atoms with Gasteiger partial charge in [-0.05, 0) is 23.8 Å². The lowest BCUT2D eigenvalue weighted by molar-refractivity contribution is -0.286. The van der Waals surface area contributed by atoms with Gasteiger partial charge in [-0.3, -0.25) is 4.79 Å². The molecule has 8 heteroatoms. The van der Waals surface area contributed by atoms with Gasteiger partial charge in [-0.15, -0.1) is 8.78 Å². The zero-order valence-corrected chi connectivity index (χ0v) is 13.3. The molecule has 0 saturated heterocycles. The predicted molar refractivity (Wildman–Crippen MR) is 87.7 cm³/mol. The van der Waals surface area contributed by atoms with Crippen molar-refractivity contribution < 1.29 is 32.6 Å². The molecule has 1 aliphatic rings. The third-order valence-electron chi connectivity index (χ3n) is 3.24. The topological polar surface area (TPSA) is 73.9 Å². The van der Waals surface area contributed by atoms with Crippen molar-refractivity contribution in [1.29, 1.82) is 0 Å². The van der Waals surface area contributed by atoms with Gasteiger partial charge in [0.2, 0.25) is 0 Å². The fourth-order valence-corrected chi connectivity index (χ4v) is 2.14. The highest BCUT2D eigenvalue weighted by molar-refractivity contribution is 5.94. The number of amides is 1. The van der Waals surface area contributed by atoms with Crippen LogP contribution >= 0.6 is 0 Å². The van der Waals surface area contributed by atoms with Gasteiger partial charge in [0.1, 0.15) is 0 Å². The number of rotatable bonds is 5. The number of fused-ring (bicyclic) bond motifs is 1. The minimum atomic E-state index is -3.73. The molecule has 134 valence electrons. The highest BCUT2D eigenvalue weighted by atomic mass is 19.3. The Morgan fingerprint density at radius 3 is 2.58 bits per heavy atom. The van der Waals surface area contributed by atoms with Gasteiger partial charge >= 0.3 is 12.3 Å². The molecule has 3 rings (SSSR count). The third-order valence-corrected chi connectivity index (χ3v) is 3.24. The number of anilines is 1. The monoisotopic (exact) mass is 361 g/mol. The first kappa shape index (κ1) is 17.4. The molecule has 0 saturated carbocycles. The van der Waals surface area contributed by atoms with E-state index in [1.807, 2.05) is 18.2 Å². The second-order valence-corrected chi connectivity index (χ2v) is 5.23. The largest absolute Gasteiger partial charge is 0.586 e. The molecule has 26 heavy (non-hydrogen) atoms. The molecule has 0 bridgehead atoms. The van der Waals surface area contributed by atoms with Gasteiger partial charge in [-0.25, -0.2) is 4.79 Å². The van der Waals surface area contributed by atoms with Crippen molar-refractivity contribution in [3.8, 4) is 11.5 Å². The molecule has 2 aromatic carbocycles. The normalized spacial score (nSPS) is 14.2. The average molecular weight is 361 g/mol. The number of nitrogens with one attached hydrogen (secondary N) is 1. The maximum absolute atomic E-state index is 12.9. The molecule has 1 amide bonds. The number of ether oxygens (including phenoxy) is 3. The molecule has 0 unspecified atom stereocenters. The molecule has 0 fully saturated rings. The molecule has 0 radical (unpaired) electrons. The van der Waals surface area contributed by atoms with Crippen LogP contribution in [0.2, 0.25) is 0 Å². The zero-order valence-electron chi connectivity index (χ0n) is 13.3. The Kier molecular flexibility index (Phi) is 4.83. The van der Waals surface area contributed by atoms with E-state index in [0.29, 0.717) is 0 Å². The van der Waals surface area contributed by atoms with E-state index in [9.17, 15) is 18.4 Å². The van der Waals surface area contributed by atoms with Crippen LogP contribution in [0, 0.1) is 0 Å². The Hall–Kier alpha value is -3.42. The zero-order chi connectivity index (χ0) is 18.6. The minimum Gasteiger partial charge on any atom is -0.452 e. The summed E-state index contributed by atoms with van der Waals surface area (Å²) in [5.74, 6) is -1.65. The maximum atomic E-state index is 12.9. The lowest BCUT2D eigenvalue weighted by atomic mass is 10.2. The molecule has 0 spiro atoms. The van der Waals surface area contributed by atoms with E-state index in [1.54, 1.807) is 18.2 Å².